The zero-order valence-corrected chi connectivity index (χ0v) is 16.6. The highest BCUT2D eigenvalue weighted by molar-refractivity contribution is 5.84. The van der Waals surface area contributed by atoms with Gasteiger partial charge in [-0.05, 0) is 26.2 Å². The molecule has 4 nitrogen and oxygen atoms in total. The fourth-order valence-electron chi connectivity index (χ4n) is 3.54. The minimum absolute atomic E-state index is 0.113. The molecular formula is C22H36O4. The summed E-state index contributed by atoms with van der Waals surface area (Å²) in [6.07, 6.45) is 10.3. The van der Waals surface area contributed by atoms with Crippen LogP contribution in [-0.4, -0.2) is 29.6 Å². The van der Waals surface area contributed by atoms with Gasteiger partial charge in [-0.25, -0.2) is 0 Å². The number of esters is 1. The largest absolute Gasteiger partial charge is 0.466 e. The number of carbonyl (C=O) groups excluding carboxylic acids is 2. The van der Waals surface area contributed by atoms with Crippen molar-refractivity contribution in [2.75, 3.05) is 6.61 Å². The highest BCUT2D eigenvalue weighted by Crippen LogP contribution is 2.33. The van der Waals surface area contributed by atoms with Crippen molar-refractivity contribution < 1.29 is 19.4 Å². The average molecular weight is 365 g/mol. The molecule has 1 aliphatic carbocycles. The molecule has 0 heterocycles. The van der Waals surface area contributed by atoms with Crippen molar-refractivity contribution in [3.8, 4) is 11.8 Å². The molecule has 0 radical (unpaired) electrons. The summed E-state index contributed by atoms with van der Waals surface area (Å²) in [6, 6.07) is 0. The van der Waals surface area contributed by atoms with E-state index in [1.165, 1.54) is 19.3 Å². The summed E-state index contributed by atoms with van der Waals surface area (Å²) in [5.74, 6) is 6.11. The van der Waals surface area contributed by atoms with Gasteiger partial charge in [0, 0.05) is 25.2 Å². The number of ketones is 1. The predicted molar refractivity (Wildman–Crippen MR) is 103 cm³/mol. The lowest BCUT2D eigenvalue weighted by Gasteiger charge is -2.15. The molecular weight excluding hydrogens is 328 g/mol. The molecule has 1 rings (SSSR count). The molecule has 0 spiro atoms. The van der Waals surface area contributed by atoms with Gasteiger partial charge in [0.15, 0.2) is 0 Å². The summed E-state index contributed by atoms with van der Waals surface area (Å²) in [7, 11) is 0. The summed E-state index contributed by atoms with van der Waals surface area (Å²) < 4.78 is 4.91. The van der Waals surface area contributed by atoms with Crippen LogP contribution in [0.3, 0.4) is 0 Å². The highest BCUT2D eigenvalue weighted by Gasteiger charge is 2.39. The van der Waals surface area contributed by atoms with Crippen LogP contribution in [0.4, 0.5) is 0 Å². The normalized spacial score (nSPS) is 22.1. The first-order chi connectivity index (χ1) is 12.6. The lowest BCUT2D eigenvalue weighted by Crippen LogP contribution is -2.19. The number of carbonyl (C=O) groups is 2. The van der Waals surface area contributed by atoms with Crippen molar-refractivity contribution in [2.45, 2.75) is 97.0 Å². The molecule has 1 saturated carbocycles. The Morgan fingerprint density at radius 3 is 2.58 bits per heavy atom. The zero-order valence-electron chi connectivity index (χ0n) is 16.6. The number of rotatable bonds is 12. The molecule has 0 aromatic carbocycles. The molecule has 1 N–H and O–H groups in total. The number of hydrogen-bond acceptors (Lipinski definition) is 4. The Kier molecular flexibility index (Phi) is 12.1. The maximum Gasteiger partial charge on any atom is 0.305 e. The summed E-state index contributed by atoms with van der Waals surface area (Å²) >= 11 is 0. The van der Waals surface area contributed by atoms with E-state index in [0.29, 0.717) is 13.0 Å². The van der Waals surface area contributed by atoms with E-state index in [-0.39, 0.29) is 30.0 Å². The monoisotopic (exact) mass is 364 g/mol. The van der Waals surface area contributed by atoms with Gasteiger partial charge in [0.05, 0.1) is 18.6 Å². The average Bonchev–Trinajstić information content (AvgIpc) is 2.87. The molecule has 0 amide bonds. The third kappa shape index (κ3) is 8.85. The Hall–Kier alpha value is -1.34. The Balaban J connectivity index is 2.28. The van der Waals surface area contributed by atoms with Crippen molar-refractivity contribution >= 4 is 11.8 Å². The topological polar surface area (TPSA) is 63.6 Å². The van der Waals surface area contributed by atoms with Crippen molar-refractivity contribution in [2.24, 2.45) is 11.8 Å². The van der Waals surface area contributed by atoms with Crippen LogP contribution in [0.1, 0.15) is 90.9 Å². The van der Waals surface area contributed by atoms with Crippen molar-refractivity contribution in [1.29, 1.82) is 0 Å². The molecule has 0 saturated heterocycles. The fourth-order valence-corrected chi connectivity index (χ4v) is 3.54. The fraction of sp³-hybridized carbons (Fsp3) is 0.818. The minimum Gasteiger partial charge on any atom is -0.466 e. The molecule has 26 heavy (non-hydrogen) atoms. The standard InChI is InChI=1S/C22H36O4/c1-3-5-6-7-8-11-14-18-19(21(24)17-20(18)23)15-12-9-10-13-16-22(25)26-4-2/h18-20,23H,3-10,12-13,15-17H2,1-2H3/t18-,19?,20?/m0/s1. The maximum atomic E-state index is 12.2. The van der Waals surface area contributed by atoms with Crippen molar-refractivity contribution in [3.05, 3.63) is 0 Å². The first-order valence-corrected chi connectivity index (χ1v) is 10.4. The van der Waals surface area contributed by atoms with Crippen LogP contribution in [0.5, 0.6) is 0 Å². The number of hydrogen-bond donors (Lipinski definition) is 1. The first kappa shape index (κ1) is 22.7. The van der Waals surface area contributed by atoms with Crippen LogP contribution < -0.4 is 0 Å². The molecule has 3 atom stereocenters. The van der Waals surface area contributed by atoms with Gasteiger partial charge in [0.2, 0.25) is 0 Å². The smallest absolute Gasteiger partial charge is 0.305 e. The van der Waals surface area contributed by atoms with Crippen LogP contribution in [0.15, 0.2) is 0 Å². The van der Waals surface area contributed by atoms with Gasteiger partial charge in [0.25, 0.3) is 0 Å². The number of aliphatic hydroxyl groups is 1. The Labute approximate surface area is 159 Å². The number of Topliss-reactive ketones (excluding diaryl/α,β-unsaturated/α-hetero) is 1. The maximum absolute atomic E-state index is 12.2. The quantitative estimate of drug-likeness (QED) is 0.316. The third-order valence-corrected chi connectivity index (χ3v) is 5.05. The lowest BCUT2D eigenvalue weighted by atomic mass is 9.89. The summed E-state index contributed by atoms with van der Waals surface area (Å²) in [6.45, 7) is 4.44. The Bertz CT molecular complexity index is 474. The number of unbranched alkanes of at least 4 members (excludes halogenated alkanes) is 7. The molecule has 2 unspecified atom stereocenters. The predicted octanol–water partition coefficient (Wildman–Crippen LogP) is 4.43. The van der Waals surface area contributed by atoms with Crippen molar-refractivity contribution in [1.82, 2.24) is 0 Å². The molecule has 4 heteroatoms. The highest BCUT2D eigenvalue weighted by atomic mass is 16.5. The number of ether oxygens (including phenoxy) is 1. The number of aliphatic hydroxyl groups excluding tert-OH is 1. The first-order valence-electron chi connectivity index (χ1n) is 10.4. The van der Waals surface area contributed by atoms with Gasteiger partial charge < -0.3 is 9.84 Å². The summed E-state index contributed by atoms with van der Waals surface area (Å²) in [5.41, 5.74) is 0. The van der Waals surface area contributed by atoms with E-state index in [1.54, 1.807) is 0 Å². The van der Waals surface area contributed by atoms with E-state index in [4.69, 9.17) is 4.74 Å². The summed E-state index contributed by atoms with van der Waals surface area (Å²) in [5, 5.41) is 10.1. The van der Waals surface area contributed by atoms with Crippen LogP contribution in [-0.2, 0) is 14.3 Å². The van der Waals surface area contributed by atoms with E-state index in [1.807, 2.05) is 6.92 Å². The second-order valence-electron chi connectivity index (χ2n) is 7.26. The van der Waals surface area contributed by atoms with Gasteiger partial charge in [-0.1, -0.05) is 51.4 Å². The molecule has 0 aromatic heterocycles. The van der Waals surface area contributed by atoms with E-state index in [0.717, 1.165) is 44.9 Å². The molecule has 0 aliphatic heterocycles. The van der Waals surface area contributed by atoms with E-state index >= 15 is 0 Å². The van der Waals surface area contributed by atoms with Gasteiger partial charge in [-0.15, -0.1) is 5.92 Å². The third-order valence-electron chi connectivity index (χ3n) is 5.05. The van der Waals surface area contributed by atoms with Crippen LogP contribution in [0.2, 0.25) is 0 Å². The van der Waals surface area contributed by atoms with Crippen LogP contribution in [0, 0.1) is 23.7 Å². The van der Waals surface area contributed by atoms with E-state index in [9.17, 15) is 14.7 Å². The Morgan fingerprint density at radius 2 is 1.85 bits per heavy atom. The van der Waals surface area contributed by atoms with Gasteiger partial charge in [0.1, 0.15) is 5.78 Å². The van der Waals surface area contributed by atoms with Gasteiger partial charge in [-0.2, -0.15) is 0 Å². The van der Waals surface area contributed by atoms with Gasteiger partial charge >= 0.3 is 5.97 Å². The van der Waals surface area contributed by atoms with E-state index < -0.39 is 6.10 Å². The Morgan fingerprint density at radius 1 is 1.12 bits per heavy atom. The zero-order chi connectivity index (χ0) is 19.2. The van der Waals surface area contributed by atoms with Crippen LogP contribution in [0.25, 0.3) is 0 Å². The van der Waals surface area contributed by atoms with E-state index in [2.05, 4.69) is 18.8 Å². The SMILES string of the molecule is CCCCCCC#C[C@@H]1C(O)CC(=O)C1CCCCCCC(=O)OCC. The second kappa shape index (κ2) is 13.8. The molecule has 1 aliphatic rings. The van der Waals surface area contributed by atoms with Gasteiger partial charge in [-0.3, -0.25) is 9.59 Å². The lowest BCUT2D eigenvalue weighted by molar-refractivity contribution is -0.143. The molecule has 148 valence electrons. The van der Waals surface area contributed by atoms with Crippen LogP contribution >= 0.6 is 0 Å². The molecule has 0 aromatic rings. The summed E-state index contributed by atoms with van der Waals surface area (Å²) in [4.78, 5) is 23.4. The van der Waals surface area contributed by atoms with Crippen molar-refractivity contribution in [3.63, 3.8) is 0 Å². The molecule has 1 fully saturated rings. The molecule has 0 bridgehead atoms. The minimum atomic E-state index is -0.598. The second-order valence-corrected chi connectivity index (χ2v) is 7.26.